The molecule has 3 rings (SSSR count). The number of nitrogens with zero attached hydrogens (tertiary/aromatic N) is 6. The average Bonchev–Trinajstić information content (AvgIpc) is 3.43. The Hall–Kier alpha value is -6.81. The van der Waals surface area contributed by atoms with Crippen molar-refractivity contribution in [3.8, 4) is 5.75 Å². The number of likely N-dealkylation sites (N-methyl/N-ethyl adjacent to an activating group) is 5. The summed E-state index contributed by atoms with van der Waals surface area (Å²) in [6.07, 6.45) is -0.0438. The van der Waals surface area contributed by atoms with E-state index >= 15 is 14.4 Å². The molecule has 4 N–H and O–H groups in total. The summed E-state index contributed by atoms with van der Waals surface area (Å²) in [6.45, 7) is 23.6. The van der Waals surface area contributed by atoms with E-state index in [9.17, 15) is 38.4 Å². The fourth-order valence-electron chi connectivity index (χ4n) is 11.1. The molecule has 2 aliphatic heterocycles. The zero-order valence-corrected chi connectivity index (χ0v) is 53.7. The van der Waals surface area contributed by atoms with Gasteiger partial charge in [0, 0.05) is 53.7 Å². The smallest absolute Gasteiger partial charge is 0.329 e. The van der Waals surface area contributed by atoms with Crippen LogP contribution < -0.4 is 26.0 Å². The quantitative estimate of drug-likeness (QED) is 0.219. The number of benzene rings is 1. The molecule has 0 aliphatic carbocycles. The van der Waals surface area contributed by atoms with Gasteiger partial charge in [-0.1, -0.05) is 94.2 Å². The molecular weight excluding hydrogens is 1080 g/mol. The molecule has 23 nitrogen and oxygen atoms in total. The highest BCUT2D eigenvalue weighted by atomic mass is 16.5. The Balaban J connectivity index is 2.31. The second kappa shape index (κ2) is 31.4. The maximum atomic E-state index is 15.2. The van der Waals surface area contributed by atoms with Crippen LogP contribution in [0.4, 0.5) is 0 Å². The van der Waals surface area contributed by atoms with E-state index in [0.29, 0.717) is 37.0 Å². The fraction of sp³-hybridized carbons (Fsp3) is 0.721. The molecule has 10 amide bonds. The Bertz CT molecular complexity index is 2500. The van der Waals surface area contributed by atoms with Crippen LogP contribution in [0.25, 0.3) is 0 Å². The normalized spacial score (nSPS) is 26.2. The number of hydrogen-bond acceptors (Lipinski definition) is 13. The number of hydrogen-bond donors (Lipinski definition) is 4. The van der Waals surface area contributed by atoms with Crippen LogP contribution in [0.1, 0.15) is 141 Å². The Morgan fingerprint density at radius 3 is 1.69 bits per heavy atom. The lowest BCUT2D eigenvalue weighted by atomic mass is 9.92. The minimum Gasteiger partial charge on any atom is -0.497 e. The van der Waals surface area contributed by atoms with Crippen LogP contribution in [-0.2, 0) is 63.9 Å². The largest absolute Gasteiger partial charge is 0.497 e. The number of cyclic esters (lactones) is 1. The number of carbonyl (C=O) groups excluding carboxylic acids is 11. The Morgan fingerprint density at radius 1 is 0.643 bits per heavy atom. The van der Waals surface area contributed by atoms with Crippen molar-refractivity contribution in [2.24, 2.45) is 29.6 Å². The van der Waals surface area contributed by atoms with Crippen molar-refractivity contribution in [1.82, 2.24) is 50.7 Å². The molecule has 0 aromatic heterocycles. The summed E-state index contributed by atoms with van der Waals surface area (Å²) >= 11 is 0. The van der Waals surface area contributed by atoms with E-state index in [-0.39, 0.29) is 19.4 Å². The number of amides is 10. The van der Waals surface area contributed by atoms with Gasteiger partial charge in [0.1, 0.15) is 54.1 Å². The summed E-state index contributed by atoms with van der Waals surface area (Å²) in [4.78, 5) is 168. The van der Waals surface area contributed by atoms with E-state index in [0.717, 1.165) is 9.80 Å². The summed E-state index contributed by atoms with van der Waals surface area (Å²) in [5, 5.41) is 11.2. The molecule has 0 spiro atoms. The first-order valence-corrected chi connectivity index (χ1v) is 29.7. The molecule has 0 saturated carbocycles. The molecule has 11 atom stereocenters. The van der Waals surface area contributed by atoms with Gasteiger partial charge in [0.15, 0.2) is 6.10 Å². The number of methoxy groups -OCH3 is 1. The second-order valence-corrected chi connectivity index (χ2v) is 25.0. The van der Waals surface area contributed by atoms with Crippen LogP contribution in [0.3, 0.4) is 0 Å². The number of rotatable bonds is 12. The third kappa shape index (κ3) is 18.3. The first kappa shape index (κ1) is 71.5. The van der Waals surface area contributed by atoms with Crippen LogP contribution in [0.2, 0.25) is 0 Å². The Morgan fingerprint density at radius 2 is 1.17 bits per heavy atom. The van der Waals surface area contributed by atoms with E-state index in [1.165, 1.54) is 68.9 Å². The summed E-state index contributed by atoms with van der Waals surface area (Å²) in [5.41, 5.74) is -0.161. The molecule has 0 radical (unpaired) electrons. The van der Waals surface area contributed by atoms with Gasteiger partial charge in [-0.05, 0) is 94.2 Å². The van der Waals surface area contributed by atoms with Gasteiger partial charge in [-0.25, -0.2) is 4.79 Å². The van der Waals surface area contributed by atoms with Crippen molar-refractivity contribution < 1.29 is 62.2 Å². The number of ether oxygens (including phenoxy) is 2. The molecule has 23 heteroatoms. The highest BCUT2D eigenvalue weighted by molar-refractivity contribution is 6.00. The van der Waals surface area contributed by atoms with E-state index in [2.05, 4.69) is 21.3 Å². The van der Waals surface area contributed by atoms with Crippen LogP contribution in [0.15, 0.2) is 24.3 Å². The van der Waals surface area contributed by atoms with Crippen LogP contribution in [0, 0.1) is 29.6 Å². The monoisotopic (exact) mass is 1180 g/mol. The minimum absolute atomic E-state index is 0.109. The van der Waals surface area contributed by atoms with Crippen molar-refractivity contribution in [2.75, 3.05) is 55.4 Å². The zero-order valence-electron chi connectivity index (χ0n) is 53.7. The van der Waals surface area contributed by atoms with Gasteiger partial charge in [0.25, 0.3) is 5.91 Å². The van der Waals surface area contributed by atoms with Gasteiger partial charge >= 0.3 is 5.97 Å². The minimum atomic E-state index is -1.53. The number of carbonyl (C=O) groups is 11. The number of nitrogens with one attached hydrogen (secondary N) is 4. The number of fused-ring (bicyclic) bond motifs is 1. The number of esters is 1. The lowest BCUT2D eigenvalue weighted by Crippen LogP contribution is -2.63. The summed E-state index contributed by atoms with van der Waals surface area (Å²) < 4.78 is 11.2. The second-order valence-electron chi connectivity index (χ2n) is 25.0. The first-order valence-electron chi connectivity index (χ1n) is 29.7. The van der Waals surface area contributed by atoms with Crippen molar-refractivity contribution in [1.29, 1.82) is 0 Å². The molecule has 84 heavy (non-hydrogen) atoms. The Labute approximate surface area is 498 Å². The van der Waals surface area contributed by atoms with Crippen molar-refractivity contribution >= 4 is 65.0 Å². The van der Waals surface area contributed by atoms with Crippen molar-refractivity contribution in [2.45, 2.75) is 202 Å². The van der Waals surface area contributed by atoms with E-state index in [4.69, 9.17) is 9.47 Å². The van der Waals surface area contributed by atoms with Crippen LogP contribution >= 0.6 is 0 Å². The van der Waals surface area contributed by atoms with Crippen LogP contribution in [-0.4, -0.2) is 210 Å². The maximum absolute atomic E-state index is 15.2. The highest BCUT2D eigenvalue weighted by Crippen LogP contribution is 2.27. The third-order valence-corrected chi connectivity index (χ3v) is 16.3. The summed E-state index contributed by atoms with van der Waals surface area (Å²) in [5.74, 6) is -9.97. The van der Waals surface area contributed by atoms with Crippen LogP contribution in [0.5, 0.6) is 5.75 Å². The first-order chi connectivity index (χ1) is 39.1. The SMILES string of the molecule is CC[C@@H](C)[C@H]1C(=O)NCC(=O)N(C)[C@@H](C(C)C)C(=O)N[C@@H](Cc2ccc(OC)cc2)C(=O)O[C@@H](C)C(=O)N2CCCC[C@H]2C(=O)N(C)[C@@H](C(C)C)C(=O)N[C@@H](C(C)C)C(=O)N(C)[C@H](CC(=O)NC(C)(C)C)C(=O)N(C)[C@@H]([C@@H](C)CC)C(=O)N1C. The zero-order chi connectivity index (χ0) is 64.0. The summed E-state index contributed by atoms with van der Waals surface area (Å²) in [6, 6.07) is -3.41. The van der Waals surface area contributed by atoms with Gasteiger partial charge in [-0.15, -0.1) is 0 Å². The molecule has 2 fully saturated rings. The van der Waals surface area contributed by atoms with E-state index < -0.39 is 168 Å². The molecule has 1 aromatic carbocycles. The standard InChI is InChI=1S/C61H100N10O13/c1-21-37(9)50-52(74)62-33-46(73)67(16)48(35(5)6)53(75)63-42(31-40-26-28-41(83-20)29-27-40)60(82)84-39(11)55(77)71-30-24-23-25-43(71)56(78)68(17)49(36(7)8)54(76)64-47(34(3)4)58(80)66(15)44(32-45(72)65-61(12,13)14)57(79)70(19)51(38(10)22-2)59(81)69(50)18/h26-29,34-39,42-44,47-51H,21-25,30-33H2,1-20H3,(H,62,74)(H,63,75)(H,64,76)(H,65,72)/t37-,38+,39+,42+,43+,44-,47+,48+,49+,50+,51+/m1/s1. The molecule has 2 aliphatic rings. The molecule has 1 aromatic rings. The lowest BCUT2D eigenvalue weighted by molar-refractivity contribution is -0.165. The predicted molar refractivity (Wildman–Crippen MR) is 317 cm³/mol. The van der Waals surface area contributed by atoms with Gasteiger partial charge in [-0.3, -0.25) is 47.9 Å². The molecule has 472 valence electrons. The lowest BCUT2D eigenvalue weighted by Gasteiger charge is -2.41. The molecule has 0 unspecified atom stereocenters. The van der Waals surface area contributed by atoms with E-state index in [1.54, 1.807) is 100 Å². The third-order valence-electron chi connectivity index (χ3n) is 16.3. The predicted octanol–water partition coefficient (Wildman–Crippen LogP) is 3.15. The van der Waals surface area contributed by atoms with E-state index in [1.807, 2.05) is 13.8 Å². The molecule has 0 bridgehead atoms. The molecule has 2 saturated heterocycles. The van der Waals surface area contributed by atoms with Crippen molar-refractivity contribution in [3.63, 3.8) is 0 Å². The fourth-order valence-corrected chi connectivity index (χ4v) is 11.1. The average molecular weight is 1180 g/mol. The number of piperidine rings is 1. The molecular formula is C61H100N10O13. The maximum Gasteiger partial charge on any atom is 0.329 e. The van der Waals surface area contributed by atoms with Gasteiger partial charge < -0.3 is 60.1 Å². The van der Waals surface area contributed by atoms with Gasteiger partial charge in [-0.2, -0.15) is 0 Å². The summed E-state index contributed by atoms with van der Waals surface area (Å²) in [7, 11) is 8.52. The van der Waals surface area contributed by atoms with Gasteiger partial charge in [0.2, 0.25) is 53.2 Å². The molecule has 2 heterocycles. The van der Waals surface area contributed by atoms with Crippen molar-refractivity contribution in [3.05, 3.63) is 29.8 Å². The Kier molecular flexibility index (Phi) is 26.7. The highest BCUT2D eigenvalue weighted by Gasteiger charge is 2.46. The topological polar surface area (TPSA) is 274 Å². The van der Waals surface area contributed by atoms with Gasteiger partial charge in [0.05, 0.1) is 20.1 Å².